The Morgan fingerprint density at radius 2 is 2.17 bits per heavy atom. The number of carbonyl (C=O) groups excluding carboxylic acids is 2. The molecular weight excluding hydrogens is 230 g/mol. The molecule has 1 saturated carbocycles. The Morgan fingerprint density at radius 1 is 1.44 bits per heavy atom. The number of hydrogen-bond acceptors (Lipinski definition) is 3. The minimum Gasteiger partial charge on any atom is -0.444 e. The van der Waals surface area contributed by atoms with Gasteiger partial charge in [-0.25, -0.2) is 4.79 Å². The fraction of sp³-hybridized carbons (Fsp3) is 0.714. The molecule has 4 nitrogen and oxygen atoms in total. The summed E-state index contributed by atoms with van der Waals surface area (Å²) in [6.07, 6.45) is 4.70. The normalized spacial score (nSPS) is 27.5. The van der Waals surface area contributed by atoms with E-state index < -0.39 is 5.60 Å². The smallest absolute Gasteiger partial charge is 0.407 e. The number of nitrogens with one attached hydrogen (secondary N) is 1. The van der Waals surface area contributed by atoms with Gasteiger partial charge >= 0.3 is 6.09 Å². The van der Waals surface area contributed by atoms with Crippen LogP contribution in [0.2, 0.25) is 0 Å². The molecule has 0 spiro atoms. The highest BCUT2D eigenvalue weighted by Crippen LogP contribution is 2.37. The number of hydrogen-bond donors (Lipinski definition) is 1. The van der Waals surface area contributed by atoms with Gasteiger partial charge in [-0.15, -0.1) is 0 Å². The zero-order valence-electron chi connectivity index (χ0n) is 11.3. The molecule has 1 N–H and O–H groups in total. The molecule has 0 unspecified atom stereocenters. The monoisotopic (exact) mass is 251 g/mol. The molecule has 18 heavy (non-hydrogen) atoms. The van der Waals surface area contributed by atoms with E-state index in [1.54, 1.807) is 6.08 Å². The maximum absolute atomic E-state index is 11.7. The van der Waals surface area contributed by atoms with Gasteiger partial charge in [0.1, 0.15) is 5.60 Å². The molecule has 2 aliphatic rings. The lowest BCUT2D eigenvalue weighted by molar-refractivity contribution is -0.115. The highest BCUT2D eigenvalue weighted by Gasteiger charge is 2.33. The third kappa shape index (κ3) is 3.34. The lowest BCUT2D eigenvalue weighted by Crippen LogP contribution is -2.37. The first-order valence-corrected chi connectivity index (χ1v) is 6.56. The highest BCUT2D eigenvalue weighted by atomic mass is 16.6. The van der Waals surface area contributed by atoms with Gasteiger partial charge in [0.2, 0.25) is 0 Å². The second-order valence-electron chi connectivity index (χ2n) is 6.20. The van der Waals surface area contributed by atoms with Crippen LogP contribution >= 0.6 is 0 Å². The largest absolute Gasteiger partial charge is 0.444 e. The van der Waals surface area contributed by atoms with Crippen LogP contribution in [0.4, 0.5) is 4.79 Å². The summed E-state index contributed by atoms with van der Waals surface area (Å²) in [6.45, 7) is 5.55. The second-order valence-corrected chi connectivity index (χ2v) is 6.20. The fourth-order valence-corrected chi connectivity index (χ4v) is 2.69. The van der Waals surface area contributed by atoms with E-state index in [-0.39, 0.29) is 17.9 Å². The summed E-state index contributed by atoms with van der Waals surface area (Å²) in [5.41, 5.74) is 0.734. The topological polar surface area (TPSA) is 55.4 Å². The van der Waals surface area contributed by atoms with Crippen molar-refractivity contribution in [2.45, 2.75) is 58.1 Å². The molecule has 4 heteroatoms. The average molecular weight is 251 g/mol. The van der Waals surface area contributed by atoms with Crippen LogP contribution in [0, 0.1) is 5.92 Å². The maximum atomic E-state index is 11.7. The minimum atomic E-state index is -0.468. The first kappa shape index (κ1) is 13.1. The van der Waals surface area contributed by atoms with Crippen molar-refractivity contribution < 1.29 is 14.3 Å². The molecule has 0 heterocycles. The molecule has 0 aromatic heterocycles. The Bertz CT molecular complexity index is 392. The van der Waals surface area contributed by atoms with Gasteiger partial charge in [0, 0.05) is 12.5 Å². The Balaban J connectivity index is 1.88. The van der Waals surface area contributed by atoms with Crippen LogP contribution in [-0.4, -0.2) is 23.5 Å². The van der Waals surface area contributed by atoms with Crippen LogP contribution in [0.15, 0.2) is 11.6 Å². The standard InChI is InChI=1S/C14H21NO3/c1-14(2,3)18-13(17)15-11-6-9-4-5-12(16)8-10(9)7-11/h8-9,11H,4-7H2,1-3H3,(H,15,17)/t9-,11-/m0/s1. The molecule has 2 aliphatic carbocycles. The highest BCUT2D eigenvalue weighted by molar-refractivity contribution is 5.91. The maximum Gasteiger partial charge on any atom is 0.407 e. The number of alkyl carbamates (subject to hydrolysis) is 1. The third-order valence-corrected chi connectivity index (χ3v) is 3.38. The molecule has 1 amide bonds. The number of fused-ring (bicyclic) bond motifs is 1. The van der Waals surface area contributed by atoms with E-state index in [1.807, 2.05) is 20.8 Å². The molecule has 0 aromatic rings. The van der Waals surface area contributed by atoms with Crippen LogP contribution < -0.4 is 5.32 Å². The number of ether oxygens (including phenoxy) is 1. The lowest BCUT2D eigenvalue weighted by atomic mass is 9.90. The van der Waals surface area contributed by atoms with Crippen molar-refractivity contribution in [3.63, 3.8) is 0 Å². The van der Waals surface area contributed by atoms with Crippen LogP contribution in [-0.2, 0) is 9.53 Å². The second kappa shape index (κ2) is 4.75. The minimum absolute atomic E-state index is 0.113. The van der Waals surface area contributed by atoms with Crippen LogP contribution in [0.25, 0.3) is 0 Å². The first-order chi connectivity index (χ1) is 8.33. The summed E-state index contributed by atoms with van der Waals surface area (Å²) in [4.78, 5) is 23.0. The zero-order chi connectivity index (χ0) is 13.3. The predicted octanol–water partition coefficient (Wildman–Crippen LogP) is 2.58. The lowest BCUT2D eigenvalue weighted by Gasteiger charge is -2.21. The van der Waals surface area contributed by atoms with Crippen molar-refractivity contribution in [2.75, 3.05) is 0 Å². The Labute approximate surface area is 108 Å². The summed E-state index contributed by atoms with van der Waals surface area (Å²) in [5, 5.41) is 2.89. The predicted molar refractivity (Wildman–Crippen MR) is 68.2 cm³/mol. The molecule has 2 atom stereocenters. The van der Waals surface area contributed by atoms with Crippen molar-refractivity contribution in [1.29, 1.82) is 0 Å². The number of carbonyl (C=O) groups is 2. The van der Waals surface area contributed by atoms with Gasteiger partial charge in [0.05, 0.1) is 0 Å². The quantitative estimate of drug-likeness (QED) is 0.779. The number of allylic oxidation sites excluding steroid dienone is 1. The molecule has 0 saturated heterocycles. The van der Waals surface area contributed by atoms with Gasteiger partial charge < -0.3 is 10.1 Å². The van der Waals surface area contributed by atoms with Crippen molar-refractivity contribution in [3.05, 3.63) is 11.6 Å². The molecule has 1 fully saturated rings. The van der Waals surface area contributed by atoms with Gasteiger partial charge in [-0.05, 0) is 52.0 Å². The Kier molecular flexibility index (Phi) is 3.46. The van der Waals surface area contributed by atoms with Gasteiger partial charge in [-0.3, -0.25) is 4.79 Å². The van der Waals surface area contributed by atoms with Crippen LogP contribution in [0.3, 0.4) is 0 Å². The molecular formula is C14H21NO3. The van der Waals surface area contributed by atoms with Crippen molar-refractivity contribution in [1.82, 2.24) is 5.32 Å². The average Bonchev–Trinajstić information content (AvgIpc) is 2.55. The van der Waals surface area contributed by atoms with E-state index in [0.29, 0.717) is 12.3 Å². The van der Waals surface area contributed by atoms with E-state index in [9.17, 15) is 9.59 Å². The van der Waals surface area contributed by atoms with Crippen molar-refractivity contribution in [3.8, 4) is 0 Å². The molecule has 0 aliphatic heterocycles. The van der Waals surface area contributed by atoms with E-state index in [2.05, 4.69) is 5.32 Å². The first-order valence-electron chi connectivity index (χ1n) is 6.56. The van der Waals surface area contributed by atoms with Crippen molar-refractivity contribution in [2.24, 2.45) is 5.92 Å². The number of rotatable bonds is 1. The molecule has 0 radical (unpaired) electrons. The molecule has 2 rings (SSSR count). The molecule has 0 aromatic carbocycles. The summed E-state index contributed by atoms with van der Waals surface area (Å²) in [7, 11) is 0. The van der Waals surface area contributed by atoms with E-state index in [1.165, 1.54) is 5.57 Å². The molecule has 0 bridgehead atoms. The summed E-state index contributed by atoms with van der Waals surface area (Å²) in [6, 6.07) is 0.113. The van der Waals surface area contributed by atoms with Gasteiger partial charge in [-0.2, -0.15) is 0 Å². The van der Waals surface area contributed by atoms with E-state index >= 15 is 0 Å². The van der Waals surface area contributed by atoms with Gasteiger partial charge in [0.15, 0.2) is 5.78 Å². The third-order valence-electron chi connectivity index (χ3n) is 3.38. The Morgan fingerprint density at radius 3 is 2.83 bits per heavy atom. The fourth-order valence-electron chi connectivity index (χ4n) is 2.69. The number of ketones is 1. The van der Waals surface area contributed by atoms with Crippen LogP contribution in [0.5, 0.6) is 0 Å². The zero-order valence-corrected chi connectivity index (χ0v) is 11.3. The SMILES string of the molecule is CC(C)(C)OC(=O)N[C@@H]1CC2=CC(=O)CC[C@H]2C1. The summed E-state index contributed by atoms with van der Waals surface area (Å²) < 4.78 is 5.24. The number of amides is 1. The van der Waals surface area contributed by atoms with Crippen molar-refractivity contribution >= 4 is 11.9 Å². The van der Waals surface area contributed by atoms with Gasteiger partial charge in [-0.1, -0.05) is 5.57 Å². The van der Waals surface area contributed by atoms with Crippen LogP contribution in [0.1, 0.15) is 46.5 Å². The van der Waals surface area contributed by atoms with E-state index in [0.717, 1.165) is 19.3 Å². The van der Waals surface area contributed by atoms with Gasteiger partial charge in [0.25, 0.3) is 0 Å². The summed E-state index contributed by atoms with van der Waals surface area (Å²) >= 11 is 0. The summed E-state index contributed by atoms with van der Waals surface area (Å²) in [5.74, 6) is 0.696. The molecule has 100 valence electrons. The van der Waals surface area contributed by atoms with E-state index in [4.69, 9.17) is 4.74 Å². The Hall–Kier alpha value is -1.32.